The van der Waals surface area contributed by atoms with Crippen LogP contribution in [0.15, 0.2) is 39.8 Å². The van der Waals surface area contributed by atoms with Gasteiger partial charge in [0.15, 0.2) is 0 Å². The third kappa shape index (κ3) is 4.63. The second-order valence-corrected chi connectivity index (χ2v) is 9.42. The van der Waals surface area contributed by atoms with Crippen molar-refractivity contribution in [1.29, 1.82) is 0 Å². The highest BCUT2D eigenvalue weighted by atomic mass is 32.2. The van der Waals surface area contributed by atoms with E-state index in [0.717, 1.165) is 37.5 Å². The molecule has 9 heteroatoms. The van der Waals surface area contributed by atoms with Gasteiger partial charge in [-0.05, 0) is 44.0 Å². The van der Waals surface area contributed by atoms with Gasteiger partial charge in [-0.3, -0.25) is 4.90 Å². The Morgan fingerprint density at radius 3 is 2.48 bits per heavy atom. The van der Waals surface area contributed by atoms with Crippen LogP contribution in [0.2, 0.25) is 0 Å². The number of aromatic nitrogens is 1. The molecule has 0 radical (unpaired) electrons. The van der Waals surface area contributed by atoms with Crippen LogP contribution in [0.4, 0.5) is 5.82 Å². The van der Waals surface area contributed by atoms with Gasteiger partial charge in [0.1, 0.15) is 22.2 Å². The Morgan fingerprint density at radius 2 is 1.86 bits per heavy atom. The maximum absolute atomic E-state index is 12.6. The fraction of sp³-hybridized carbons (Fsp3) is 0.550. The zero-order valence-corrected chi connectivity index (χ0v) is 17.5. The van der Waals surface area contributed by atoms with Gasteiger partial charge < -0.3 is 14.5 Å². The molecule has 4 rings (SSSR count). The number of sulfonamides is 1. The topological polar surface area (TPSA) is 87.9 Å². The molecule has 2 aliphatic heterocycles. The predicted molar refractivity (Wildman–Crippen MR) is 109 cm³/mol. The van der Waals surface area contributed by atoms with Crippen molar-refractivity contribution in [3.05, 3.63) is 42.0 Å². The Kier molecular flexibility index (Phi) is 6.19. The van der Waals surface area contributed by atoms with E-state index in [9.17, 15) is 8.42 Å². The minimum absolute atomic E-state index is 0.0578. The van der Waals surface area contributed by atoms with Crippen LogP contribution in [0.3, 0.4) is 0 Å². The average molecular weight is 421 g/mol. The zero-order valence-electron chi connectivity index (χ0n) is 16.7. The zero-order chi connectivity index (χ0) is 20.3. The Morgan fingerprint density at radius 1 is 1.10 bits per heavy atom. The van der Waals surface area contributed by atoms with Gasteiger partial charge in [0.05, 0.1) is 19.3 Å². The first-order valence-electron chi connectivity index (χ1n) is 10.1. The highest BCUT2D eigenvalue weighted by molar-refractivity contribution is 7.89. The summed E-state index contributed by atoms with van der Waals surface area (Å²) in [7, 11) is -3.44. The van der Waals surface area contributed by atoms with Gasteiger partial charge in [-0.25, -0.2) is 13.4 Å². The molecule has 2 aromatic rings. The van der Waals surface area contributed by atoms with E-state index in [0.29, 0.717) is 38.7 Å². The maximum Gasteiger partial charge on any atom is 0.244 e. The van der Waals surface area contributed by atoms with Crippen molar-refractivity contribution in [3.8, 4) is 0 Å². The monoisotopic (exact) mass is 420 g/mol. The number of hydrogen-bond donors (Lipinski definition) is 1. The molecule has 29 heavy (non-hydrogen) atoms. The van der Waals surface area contributed by atoms with Crippen molar-refractivity contribution in [2.24, 2.45) is 0 Å². The fourth-order valence-corrected chi connectivity index (χ4v) is 5.31. The lowest BCUT2D eigenvalue weighted by Gasteiger charge is -2.33. The Bertz CT molecular complexity index is 901. The summed E-state index contributed by atoms with van der Waals surface area (Å²) in [6.07, 6.45) is 3.28. The first-order chi connectivity index (χ1) is 14.0. The highest BCUT2D eigenvalue weighted by Crippen LogP contribution is 2.25. The maximum atomic E-state index is 12.6. The van der Waals surface area contributed by atoms with Gasteiger partial charge in [0.2, 0.25) is 10.0 Å². The van der Waals surface area contributed by atoms with Crippen LogP contribution < -0.4 is 5.32 Å². The summed E-state index contributed by atoms with van der Waals surface area (Å²) >= 11 is 0. The molecule has 0 spiro atoms. The molecule has 8 nitrogen and oxygen atoms in total. The largest absolute Gasteiger partial charge is 0.465 e. The summed E-state index contributed by atoms with van der Waals surface area (Å²) in [5.41, 5.74) is 0. The van der Waals surface area contributed by atoms with Crippen molar-refractivity contribution in [1.82, 2.24) is 14.2 Å². The SMILES string of the molecule is Cc1ccc(C(CNc2ccc(S(=O)(=O)N3CCCC3)cn2)N2CCOCC2)o1. The Hall–Kier alpha value is -1.94. The third-order valence-electron chi connectivity index (χ3n) is 5.49. The van der Waals surface area contributed by atoms with Crippen molar-refractivity contribution in [2.75, 3.05) is 51.3 Å². The highest BCUT2D eigenvalue weighted by Gasteiger charge is 2.28. The van der Waals surface area contributed by atoms with Crippen LogP contribution in [0, 0.1) is 6.92 Å². The molecule has 1 unspecified atom stereocenters. The number of furan rings is 1. The number of rotatable bonds is 7. The molecule has 0 bridgehead atoms. The van der Waals surface area contributed by atoms with Crippen molar-refractivity contribution >= 4 is 15.8 Å². The summed E-state index contributed by atoms with van der Waals surface area (Å²) in [6, 6.07) is 7.40. The molecule has 0 aromatic carbocycles. The molecule has 2 aliphatic rings. The van der Waals surface area contributed by atoms with Crippen molar-refractivity contribution in [2.45, 2.75) is 30.7 Å². The molecular formula is C20H28N4O4S. The lowest BCUT2D eigenvalue weighted by atomic mass is 10.1. The van der Waals surface area contributed by atoms with Crippen molar-refractivity contribution < 1.29 is 17.6 Å². The lowest BCUT2D eigenvalue weighted by Crippen LogP contribution is -2.41. The second kappa shape index (κ2) is 8.83. The molecule has 2 saturated heterocycles. The fourth-order valence-electron chi connectivity index (χ4n) is 3.85. The molecule has 1 atom stereocenters. The molecule has 4 heterocycles. The molecular weight excluding hydrogens is 392 g/mol. The molecule has 2 aromatic heterocycles. The van der Waals surface area contributed by atoms with Crippen LogP contribution in [-0.4, -0.2) is 68.5 Å². The summed E-state index contributed by atoms with van der Waals surface area (Å²) in [5, 5.41) is 3.34. The van der Waals surface area contributed by atoms with Crippen molar-refractivity contribution in [3.63, 3.8) is 0 Å². The molecule has 0 amide bonds. The first-order valence-corrected chi connectivity index (χ1v) is 11.6. The Labute approximate surface area is 171 Å². The number of hydrogen-bond acceptors (Lipinski definition) is 7. The van der Waals surface area contributed by atoms with Gasteiger partial charge in [-0.15, -0.1) is 0 Å². The number of pyridine rings is 1. The number of anilines is 1. The van der Waals surface area contributed by atoms with E-state index < -0.39 is 10.0 Å². The van der Waals surface area contributed by atoms with E-state index in [1.54, 1.807) is 12.1 Å². The first kappa shape index (κ1) is 20.3. The number of morpholine rings is 1. The van der Waals surface area contributed by atoms with Gasteiger partial charge in [-0.2, -0.15) is 4.31 Å². The average Bonchev–Trinajstić information content (AvgIpc) is 3.42. The lowest BCUT2D eigenvalue weighted by molar-refractivity contribution is 0.0143. The minimum atomic E-state index is -3.44. The Balaban J connectivity index is 1.44. The second-order valence-electron chi connectivity index (χ2n) is 7.48. The van der Waals surface area contributed by atoms with Gasteiger partial charge in [0.25, 0.3) is 0 Å². The molecule has 0 saturated carbocycles. The van der Waals surface area contributed by atoms with Crippen LogP contribution in [-0.2, 0) is 14.8 Å². The summed E-state index contributed by atoms with van der Waals surface area (Å²) in [4.78, 5) is 6.92. The number of aryl methyl sites for hydroxylation is 1. The van der Waals surface area contributed by atoms with Crippen LogP contribution in [0.1, 0.15) is 30.4 Å². The number of nitrogens with zero attached hydrogens (tertiary/aromatic N) is 3. The quantitative estimate of drug-likeness (QED) is 0.735. The van der Waals surface area contributed by atoms with E-state index in [4.69, 9.17) is 9.15 Å². The van der Waals surface area contributed by atoms with Crippen LogP contribution in [0.25, 0.3) is 0 Å². The van der Waals surface area contributed by atoms with E-state index in [2.05, 4.69) is 15.2 Å². The summed E-state index contributed by atoms with van der Waals surface area (Å²) in [6.45, 7) is 6.82. The number of ether oxygens (including phenoxy) is 1. The van der Waals surface area contributed by atoms with Crippen LogP contribution in [0.5, 0.6) is 0 Å². The number of nitrogens with one attached hydrogen (secondary N) is 1. The third-order valence-corrected chi connectivity index (χ3v) is 7.37. The smallest absolute Gasteiger partial charge is 0.244 e. The van der Waals surface area contributed by atoms with E-state index in [1.165, 1.54) is 10.5 Å². The molecule has 0 aliphatic carbocycles. The normalized spacial score (nSPS) is 20.0. The predicted octanol–water partition coefficient (Wildman–Crippen LogP) is 2.25. The van der Waals surface area contributed by atoms with Crippen LogP contribution >= 0.6 is 0 Å². The van der Waals surface area contributed by atoms with Gasteiger partial charge >= 0.3 is 0 Å². The molecule has 158 valence electrons. The van der Waals surface area contributed by atoms with E-state index in [-0.39, 0.29) is 10.9 Å². The van der Waals surface area contributed by atoms with E-state index >= 15 is 0 Å². The van der Waals surface area contributed by atoms with E-state index in [1.807, 2.05) is 19.1 Å². The molecule has 2 fully saturated rings. The standard InChI is InChI=1S/C20H28N4O4S/c1-16-4-6-19(28-16)18(23-10-12-27-13-11-23)15-22-20-7-5-17(14-21-20)29(25,26)24-8-2-3-9-24/h4-7,14,18H,2-3,8-13,15H2,1H3,(H,21,22). The minimum Gasteiger partial charge on any atom is -0.465 e. The summed E-state index contributed by atoms with van der Waals surface area (Å²) < 4.78 is 38.2. The molecule has 1 N–H and O–H groups in total. The van der Waals surface area contributed by atoms with Gasteiger partial charge in [-0.1, -0.05) is 0 Å². The van der Waals surface area contributed by atoms with Gasteiger partial charge in [0, 0.05) is 38.9 Å². The summed E-state index contributed by atoms with van der Waals surface area (Å²) in [5.74, 6) is 2.44.